The Morgan fingerprint density at radius 1 is 1.28 bits per heavy atom. The van der Waals surface area contributed by atoms with Gasteiger partial charge in [-0.25, -0.2) is 14.6 Å². The monoisotopic (exact) mass is 337 g/mol. The van der Waals surface area contributed by atoms with Crippen LogP contribution in [0.4, 0.5) is 0 Å². The third-order valence-corrected chi connectivity index (χ3v) is 3.53. The van der Waals surface area contributed by atoms with E-state index in [9.17, 15) is 4.79 Å². The maximum atomic E-state index is 12.4. The Balaban J connectivity index is 1.50. The topological polar surface area (TPSA) is 81.9 Å². The molecule has 3 rings (SSSR count). The van der Waals surface area contributed by atoms with Crippen molar-refractivity contribution in [2.24, 2.45) is 0 Å². The fraction of sp³-hybridized carbons (Fsp3) is 0.222. The number of amides is 1. The molecule has 2 heterocycles. The minimum absolute atomic E-state index is 0.200. The lowest BCUT2D eigenvalue weighted by Crippen LogP contribution is -2.27. The van der Waals surface area contributed by atoms with Gasteiger partial charge < -0.3 is 10.1 Å². The van der Waals surface area contributed by atoms with Crippen LogP contribution in [0.5, 0.6) is 5.75 Å². The molecular formula is C18H19N5O2. The standard InChI is InChI=1S/C18H19N5O2/c1-14-5-2-6-15(11-14)25-10-4-9-21-18(24)16-7-3-8-20-17(16)23-13-19-12-22-23/h2-3,5-8,11-13H,4,9-10H2,1H3,(H,21,24). The summed E-state index contributed by atoms with van der Waals surface area (Å²) in [5.74, 6) is 1.09. The predicted molar refractivity (Wildman–Crippen MR) is 92.8 cm³/mol. The summed E-state index contributed by atoms with van der Waals surface area (Å²) in [5.41, 5.74) is 1.61. The molecule has 0 atom stereocenters. The van der Waals surface area contributed by atoms with Crippen LogP contribution in [0.15, 0.2) is 55.2 Å². The minimum atomic E-state index is -0.200. The number of ether oxygens (including phenoxy) is 1. The van der Waals surface area contributed by atoms with E-state index in [1.165, 1.54) is 17.3 Å². The van der Waals surface area contributed by atoms with E-state index in [0.717, 1.165) is 11.3 Å². The van der Waals surface area contributed by atoms with Crippen molar-refractivity contribution >= 4 is 5.91 Å². The summed E-state index contributed by atoms with van der Waals surface area (Å²) in [5, 5.41) is 6.90. The average Bonchev–Trinajstić information content (AvgIpc) is 3.16. The highest BCUT2D eigenvalue weighted by atomic mass is 16.5. The molecule has 1 aromatic carbocycles. The third kappa shape index (κ3) is 4.41. The number of aryl methyl sites for hydroxylation is 1. The van der Waals surface area contributed by atoms with Gasteiger partial charge in [0.15, 0.2) is 5.82 Å². The van der Waals surface area contributed by atoms with Crippen molar-refractivity contribution in [1.82, 2.24) is 25.1 Å². The Morgan fingerprint density at radius 2 is 2.20 bits per heavy atom. The number of aromatic nitrogens is 4. The highest BCUT2D eigenvalue weighted by Gasteiger charge is 2.13. The second-order valence-corrected chi connectivity index (χ2v) is 5.49. The molecule has 25 heavy (non-hydrogen) atoms. The van der Waals surface area contributed by atoms with Gasteiger partial charge in [0.1, 0.15) is 18.4 Å². The van der Waals surface area contributed by atoms with E-state index in [1.807, 2.05) is 31.2 Å². The van der Waals surface area contributed by atoms with Crippen LogP contribution in [0.3, 0.4) is 0 Å². The summed E-state index contributed by atoms with van der Waals surface area (Å²) in [4.78, 5) is 20.5. The van der Waals surface area contributed by atoms with Crippen molar-refractivity contribution < 1.29 is 9.53 Å². The highest BCUT2D eigenvalue weighted by Crippen LogP contribution is 2.12. The van der Waals surface area contributed by atoms with E-state index in [4.69, 9.17) is 4.74 Å². The molecule has 128 valence electrons. The van der Waals surface area contributed by atoms with Gasteiger partial charge in [0, 0.05) is 12.7 Å². The van der Waals surface area contributed by atoms with Gasteiger partial charge in [-0.15, -0.1) is 0 Å². The number of carbonyl (C=O) groups is 1. The highest BCUT2D eigenvalue weighted by molar-refractivity contribution is 5.97. The molecule has 0 aliphatic carbocycles. The molecule has 0 saturated carbocycles. The number of nitrogens with one attached hydrogen (secondary N) is 1. The summed E-state index contributed by atoms with van der Waals surface area (Å²) >= 11 is 0. The van der Waals surface area contributed by atoms with Gasteiger partial charge >= 0.3 is 0 Å². The van der Waals surface area contributed by atoms with Crippen LogP contribution in [0, 0.1) is 6.92 Å². The number of rotatable bonds is 7. The van der Waals surface area contributed by atoms with Gasteiger partial charge in [0.25, 0.3) is 5.91 Å². The van der Waals surface area contributed by atoms with E-state index in [1.54, 1.807) is 18.3 Å². The first-order valence-corrected chi connectivity index (χ1v) is 8.02. The molecule has 0 unspecified atom stereocenters. The molecule has 0 aliphatic heterocycles. The molecule has 7 nitrogen and oxygen atoms in total. The number of carbonyl (C=O) groups excluding carboxylic acids is 1. The average molecular weight is 337 g/mol. The zero-order valence-electron chi connectivity index (χ0n) is 13.9. The molecule has 1 N–H and O–H groups in total. The Bertz CT molecular complexity index is 833. The van der Waals surface area contributed by atoms with Crippen LogP contribution in [-0.2, 0) is 0 Å². The quantitative estimate of drug-likeness (QED) is 0.668. The zero-order valence-corrected chi connectivity index (χ0v) is 13.9. The molecule has 0 bridgehead atoms. The first-order valence-electron chi connectivity index (χ1n) is 8.02. The summed E-state index contributed by atoms with van der Waals surface area (Å²) in [6.07, 6.45) is 5.23. The molecular weight excluding hydrogens is 318 g/mol. The predicted octanol–water partition coefficient (Wildman–Crippen LogP) is 2.17. The van der Waals surface area contributed by atoms with Gasteiger partial charge in [-0.1, -0.05) is 12.1 Å². The van der Waals surface area contributed by atoms with Crippen molar-refractivity contribution in [3.8, 4) is 11.6 Å². The maximum absolute atomic E-state index is 12.4. The van der Waals surface area contributed by atoms with E-state index in [-0.39, 0.29) is 5.91 Å². The fourth-order valence-corrected chi connectivity index (χ4v) is 2.34. The van der Waals surface area contributed by atoms with Crippen LogP contribution >= 0.6 is 0 Å². The van der Waals surface area contributed by atoms with E-state index in [0.29, 0.717) is 31.0 Å². The molecule has 1 amide bonds. The van der Waals surface area contributed by atoms with Crippen molar-refractivity contribution in [1.29, 1.82) is 0 Å². The van der Waals surface area contributed by atoms with Gasteiger partial charge in [-0.05, 0) is 43.2 Å². The molecule has 0 spiro atoms. The number of pyridine rings is 1. The Morgan fingerprint density at radius 3 is 3.00 bits per heavy atom. The van der Waals surface area contributed by atoms with Gasteiger partial charge in [-0.3, -0.25) is 4.79 Å². The molecule has 3 aromatic rings. The SMILES string of the molecule is Cc1cccc(OCCCNC(=O)c2cccnc2-n2cncn2)c1. The lowest BCUT2D eigenvalue weighted by molar-refractivity contribution is 0.0951. The first-order chi connectivity index (χ1) is 12.2. The van der Waals surface area contributed by atoms with E-state index < -0.39 is 0 Å². The smallest absolute Gasteiger partial charge is 0.255 e. The fourth-order valence-electron chi connectivity index (χ4n) is 2.34. The Kier molecular flexibility index (Phi) is 5.36. The van der Waals surface area contributed by atoms with Crippen molar-refractivity contribution in [3.63, 3.8) is 0 Å². The molecule has 0 saturated heterocycles. The summed E-state index contributed by atoms with van der Waals surface area (Å²) < 4.78 is 7.14. The third-order valence-electron chi connectivity index (χ3n) is 3.53. The van der Waals surface area contributed by atoms with Gasteiger partial charge in [-0.2, -0.15) is 5.10 Å². The van der Waals surface area contributed by atoms with E-state index >= 15 is 0 Å². The summed E-state index contributed by atoms with van der Waals surface area (Å²) in [6.45, 7) is 3.07. The normalized spacial score (nSPS) is 10.4. The van der Waals surface area contributed by atoms with Crippen LogP contribution in [0.25, 0.3) is 5.82 Å². The number of hydrogen-bond donors (Lipinski definition) is 1. The molecule has 0 radical (unpaired) electrons. The largest absolute Gasteiger partial charge is 0.494 e. The number of nitrogens with zero attached hydrogens (tertiary/aromatic N) is 4. The Labute approximate surface area is 145 Å². The van der Waals surface area contributed by atoms with Gasteiger partial charge in [0.2, 0.25) is 0 Å². The lowest BCUT2D eigenvalue weighted by atomic mass is 10.2. The van der Waals surface area contributed by atoms with Crippen LogP contribution < -0.4 is 10.1 Å². The Hall–Kier alpha value is -3.22. The molecule has 0 aliphatic rings. The van der Waals surface area contributed by atoms with Crippen LogP contribution in [0.2, 0.25) is 0 Å². The van der Waals surface area contributed by atoms with Crippen LogP contribution in [-0.4, -0.2) is 38.8 Å². The van der Waals surface area contributed by atoms with Gasteiger partial charge in [0.05, 0.1) is 12.2 Å². The molecule has 0 fully saturated rings. The number of benzene rings is 1. The number of hydrogen-bond acceptors (Lipinski definition) is 5. The second-order valence-electron chi connectivity index (χ2n) is 5.49. The summed E-state index contributed by atoms with van der Waals surface area (Å²) in [7, 11) is 0. The van der Waals surface area contributed by atoms with E-state index in [2.05, 4.69) is 20.4 Å². The van der Waals surface area contributed by atoms with Crippen LogP contribution in [0.1, 0.15) is 22.3 Å². The summed E-state index contributed by atoms with van der Waals surface area (Å²) in [6, 6.07) is 11.3. The van der Waals surface area contributed by atoms with Crippen molar-refractivity contribution in [3.05, 3.63) is 66.4 Å². The zero-order chi connectivity index (χ0) is 17.5. The molecule has 7 heteroatoms. The maximum Gasteiger partial charge on any atom is 0.255 e. The first kappa shape index (κ1) is 16.6. The second kappa shape index (κ2) is 8.05. The minimum Gasteiger partial charge on any atom is -0.494 e. The lowest BCUT2D eigenvalue weighted by Gasteiger charge is -2.10. The molecule has 2 aromatic heterocycles. The van der Waals surface area contributed by atoms with Crippen molar-refractivity contribution in [2.45, 2.75) is 13.3 Å². The van der Waals surface area contributed by atoms with Crippen molar-refractivity contribution in [2.75, 3.05) is 13.2 Å².